The Hall–Kier alpha value is -1.34. The molecule has 0 saturated carbocycles. The molecule has 0 aromatic heterocycles. The van der Waals surface area contributed by atoms with Crippen LogP contribution in [0.3, 0.4) is 0 Å². The lowest BCUT2D eigenvalue weighted by Gasteiger charge is -2.36. The molecule has 1 fully saturated rings. The van der Waals surface area contributed by atoms with Crippen LogP contribution in [0.2, 0.25) is 0 Å². The second-order valence-electron chi connectivity index (χ2n) is 5.69. The Balaban J connectivity index is 2.73. The second kappa shape index (κ2) is 6.21. The lowest BCUT2D eigenvalue weighted by atomic mass is 9.87. The highest BCUT2D eigenvalue weighted by atomic mass is 16.5. The summed E-state index contributed by atoms with van der Waals surface area (Å²) in [6, 6.07) is -1.89. The molecule has 3 N–H and O–H groups in total. The fourth-order valence-corrected chi connectivity index (χ4v) is 1.93. The van der Waals surface area contributed by atoms with Crippen molar-refractivity contribution < 1.29 is 24.5 Å². The summed E-state index contributed by atoms with van der Waals surface area (Å²) in [5.74, 6) is -1.07. The highest BCUT2D eigenvalue weighted by Crippen LogP contribution is 2.20. The van der Waals surface area contributed by atoms with E-state index in [1.807, 2.05) is 0 Å². The van der Waals surface area contributed by atoms with Gasteiger partial charge in [0.25, 0.3) is 0 Å². The number of carboxylic acids is 1. The van der Waals surface area contributed by atoms with E-state index in [1.54, 1.807) is 20.8 Å². The fourth-order valence-electron chi connectivity index (χ4n) is 1.93. The first-order valence-corrected chi connectivity index (χ1v) is 6.26. The van der Waals surface area contributed by atoms with Crippen LogP contribution in [0.25, 0.3) is 0 Å². The number of nitrogens with zero attached hydrogens (tertiary/aromatic N) is 1. The van der Waals surface area contributed by atoms with E-state index in [0.717, 1.165) is 0 Å². The summed E-state index contributed by atoms with van der Waals surface area (Å²) in [4.78, 5) is 24.7. The Bertz CT molecular complexity index is 340. The summed E-state index contributed by atoms with van der Waals surface area (Å²) >= 11 is 0. The summed E-state index contributed by atoms with van der Waals surface area (Å²) in [5, 5.41) is 20.9. The van der Waals surface area contributed by atoms with E-state index in [9.17, 15) is 19.8 Å². The van der Waals surface area contributed by atoms with E-state index in [1.165, 1.54) is 4.90 Å². The summed E-state index contributed by atoms with van der Waals surface area (Å²) in [7, 11) is 0. The number of aliphatic hydroxyl groups excluding tert-OH is 1. The fraction of sp³-hybridized carbons (Fsp3) is 0.833. The zero-order valence-corrected chi connectivity index (χ0v) is 11.5. The van der Waals surface area contributed by atoms with Crippen molar-refractivity contribution in [2.45, 2.75) is 32.9 Å². The van der Waals surface area contributed by atoms with Crippen LogP contribution in [-0.4, -0.2) is 65.6 Å². The molecule has 110 valence electrons. The summed E-state index contributed by atoms with van der Waals surface area (Å²) in [5.41, 5.74) is -0.595. The predicted octanol–water partition coefficient (Wildman–Crippen LogP) is -0.112. The molecule has 1 aliphatic heterocycles. The number of morpholine rings is 1. The van der Waals surface area contributed by atoms with Crippen LogP contribution >= 0.6 is 0 Å². The molecule has 1 aliphatic rings. The molecule has 0 aromatic rings. The first-order chi connectivity index (χ1) is 8.77. The van der Waals surface area contributed by atoms with Gasteiger partial charge in [0.2, 0.25) is 0 Å². The number of ether oxygens (including phenoxy) is 1. The Labute approximate surface area is 112 Å². The minimum Gasteiger partial charge on any atom is -0.480 e. The molecule has 19 heavy (non-hydrogen) atoms. The molecule has 7 nitrogen and oxygen atoms in total. The first-order valence-electron chi connectivity index (χ1n) is 6.26. The molecule has 0 aliphatic carbocycles. The minimum atomic E-state index is -1.07. The van der Waals surface area contributed by atoms with Crippen molar-refractivity contribution in [1.29, 1.82) is 0 Å². The topological polar surface area (TPSA) is 99.1 Å². The molecular formula is C12H22N2O5. The van der Waals surface area contributed by atoms with Gasteiger partial charge in [-0.25, -0.2) is 9.59 Å². The number of carbonyl (C=O) groups excluding carboxylic acids is 1. The Morgan fingerprint density at radius 2 is 2.11 bits per heavy atom. The highest BCUT2D eigenvalue weighted by Gasteiger charge is 2.35. The van der Waals surface area contributed by atoms with Crippen LogP contribution < -0.4 is 5.32 Å². The van der Waals surface area contributed by atoms with Gasteiger partial charge >= 0.3 is 12.0 Å². The van der Waals surface area contributed by atoms with Crippen molar-refractivity contribution >= 4 is 12.0 Å². The smallest absolute Gasteiger partial charge is 0.326 e. The van der Waals surface area contributed by atoms with Crippen molar-refractivity contribution in [3.05, 3.63) is 0 Å². The van der Waals surface area contributed by atoms with E-state index in [0.29, 0.717) is 13.2 Å². The van der Waals surface area contributed by atoms with Gasteiger partial charge in [0.1, 0.15) is 6.04 Å². The lowest BCUT2D eigenvalue weighted by Crippen LogP contribution is -2.58. The van der Waals surface area contributed by atoms with Gasteiger partial charge in [0.15, 0.2) is 0 Å². The number of carbonyl (C=O) groups is 2. The maximum atomic E-state index is 12.1. The average Bonchev–Trinajstić information content (AvgIpc) is 2.33. The van der Waals surface area contributed by atoms with Crippen molar-refractivity contribution in [2.75, 3.05) is 26.4 Å². The van der Waals surface area contributed by atoms with Gasteiger partial charge in [-0.15, -0.1) is 0 Å². The van der Waals surface area contributed by atoms with Gasteiger partial charge in [-0.3, -0.25) is 0 Å². The molecule has 1 heterocycles. The Morgan fingerprint density at radius 1 is 1.47 bits per heavy atom. The molecule has 0 radical (unpaired) electrons. The van der Waals surface area contributed by atoms with E-state index in [2.05, 4.69) is 5.32 Å². The van der Waals surface area contributed by atoms with Gasteiger partial charge in [-0.1, -0.05) is 20.8 Å². The summed E-state index contributed by atoms with van der Waals surface area (Å²) < 4.78 is 5.18. The molecule has 2 amide bonds. The van der Waals surface area contributed by atoms with Gasteiger partial charge in [-0.05, 0) is 5.41 Å². The quantitative estimate of drug-likeness (QED) is 0.667. The third-order valence-electron chi connectivity index (χ3n) is 3.08. The zero-order chi connectivity index (χ0) is 14.6. The number of carboxylic acid groups (broad SMARTS) is 1. The van der Waals surface area contributed by atoms with Gasteiger partial charge in [0, 0.05) is 6.54 Å². The number of nitrogens with one attached hydrogen (secondary N) is 1. The molecular weight excluding hydrogens is 252 g/mol. The SMILES string of the molecule is CC(C)(C)[C@H](NC(=O)N1CCOCC1CO)C(=O)O. The average molecular weight is 274 g/mol. The van der Waals surface area contributed by atoms with E-state index < -0.39 is 29.5 Å². The van der Waals surface area contributed by atoms with Crippen LogP contribution in [0.1, 0.15) is 20.8 Å². The van der Waals surface area contributed by atoms with Gasteiger partial charge in [-0.2, -0.15) is 0 Å². The van der Waals surface area contributed by atoms with Crippen molar-refractivity contribution in [3.63, 3.8) is 0 Å². The lowest BCUT2D eigenvalue weighted by molar-refractivity contribution is -0.142. The summed E-state index contributed by atoms with van der Waals surface area (Å²) in [6.07, 6.45) is 0. The normalized spacial score (nSPS) is 21.9. The number of urea groups is 1. The number of hydrogen-bond acceptors (Lipinski definition) is 4. The number of hydrogen-bond donors (Lipinski definition) is 3. The van der Waals surface area contributed by atoms with Gasteiger partial charge < -0.3 is 25.2 Å². The van der Waals surface area contributed by atoms with Crippen LogP contribution in [0.5, 0.6) is 0 Å². The van der Waals surface area contributed by atoms with Crippen LogP contribution in [0.15, 0.2) is 0 Å². The molecule has 0 aromatic carbocycles. The van der Waals surface area contributed by atoms with Crippen molar-refractivity contribution in [2.24, 2.45) is 5.41 Å². The maximum Gasteiger partial charge on any atom is 0.326 e. The third-order valence-corrected chi connectivity index (χ3v) is 3.08. The molecule has 0 spiro atoms. The van der Waals surface area contributed by atoms with Crippen LogP contribution in [0, 0.1) is 5.41 Å². The van der Waals surface area contributed by atoms with E-state index in [4.69, 9.17) is 4.74 Å². The second-order valence-corrected chi connectivity index (χ2v) is 5.69. The molecule has 1 unspecified atom stereocenters. The van der Waals surface area contributed by atoms with Crippen LogP contribution in [0.4, 0.5) is 4.79 Å². The first kappa shape index (κ1) is 15.7. The number of aliphatic hydroxyl groups is 1. The van der Waals surface area contributed by atoms with Crippen LogP contribution in [-0.2, 0) is 9.53 Å². The predicted molar refractivity (Wildman–Crippen MR) is 67.8 cm³/mol. The maximum absolute atomic E-state index is 12.1. The Kier molecular flexibility index (Phi) is 5.13. The molecule has 1 saturated heterocycles. The highest BCUT2D eigenvalue weighted by molar-refractivity contribution is 5.83. The van der Waals surface area contributed by atoms with Crippen molar-refractivity contribution in [1.82, 2.24) is 10.2 Å². The number of aliphatic carboxylic acids is 1. The molecule has 7 heteroatoms. The number of amides is 2. The largest absolute Gasteiger partial charge is 0.480 e. The van der Waals surface area contributed by atoms with E-state index in [-0.39, 0.29) is 13.2 Å². The third kappa shape index (κ3) is 4.07. The van der Waals surface area contributed by atoms with E-state index >= 15 is 0 Å². The van der Waals surface area contributed by atoms with Crippen molar-refractivity contribution in [3.8, 4) is 0 Å². The number of rotatable bonds is 3. The minimum absolute atomic E-state index is 0.208. The monoisotopic (exact) mass is 274 g/mol. The molecule has 0 bridgehead atoms. The zero-order valence-electron chi connectivity index (χ0n) is 11.5. The molecule has 2 atom stereocenters. The van der Waals surface area contributed by atoms with Gasteiger partial charge in [0.05, 0.1) is 25.9 Å². The Morgan fingerprint density at radius 3 is 2.58 bits per heavy atom. The molecule has 1 rings (SSSR count). The standard InChI is InChI=1S/C12H22N2O5/c1-12(2,3)9(10(16)17)13-11(18)14-4-5-19-7-8(14)6-15/h8-9,15H,4-7H2,1-3H3,(H,13,18)(H,16,17)/t8?,9-/m1/s1. The summed E-state index contributed by atoms with van der Waals surface area (Å²) in [6.45, 7) is 6.02.